The largest absolute Gasteiger partial charge is 0.490 e. The summed E-state index contributed by atoms with van der Waals surface area (Å²) in [5, 5.41) is 12.2. The average molecular weight is 447 g/mol. The maximum Gasteiger partial charge on any atom is 0.257 e. The maximum absolute atomic E-state index is 12.5. The second-order valence-electron chi connectivity index (χ2n) is 8.81. The van der Waals surface area contributed by atoms with Gasteiger partial charge in [-0.1, -0.05) is 0 Å². The van der Waals surface area contributed by atoms with E-state index in [2.05, 4.69) is 27.3 Å². The van der Waals surface area contributed by atoms with E-state index in [0.717, 1.165) is 24.3 Å². The van der Waals surface area contributed by atoms with Crippen molar-refractivity contribution in [2.24, 2.45) is 23.2 Å². The number of nitrogens with one attached hydrogen (secondary N) is 1. The van der Waals surface area contributed by atoms with Crippen LogP contribution >= 0.6 is 15.9 Å². The monoisotopic (exact) mass is 446 g/mol. The summed E-state index contributed by atoms with van der Waals surface area (Å²) in [7, 11) is 0. The number of amides is 1. The lowest BCUT2D eigenvalue weighted by Crippen LogP contribution is -2.51. The van der Waals surface area contributed by atoms with Crippen molar-refractivity contribution in [2.45, 2.75) is 45.4 Å². The normalized spacial score (nSPS) is 30.0. The van der Waals surface area contributed by atoms with Crippen LogP contribution in [0.15, 0.2) is 16.6 Å². The van der Waals surface area contributed by atoms with E-state index in [1.807, 2.05) is 6.92 Å². The van der Waals surface area contributed by atoms with Gasteiger partial charge in [0.05, 0.1) is 22.7 Å². The Morgan fingerprint density at radius 3 is 2.43 bits per heavy atom. The Labute approximate surface area is 174 Å². The molecule has 5 rings (SSSR count). The zero-order valence-corrected chi connectivity index (χ0v) is 17.9. The van der Waals surface area contributed by atoms with E-state index in [1.165, 1.54) is 38.5 Å². The molecular formula is C22H27BrN2O3. The van der Waals surface area contributed by atoms with Gasteiger partial charge >= 0.3 is 0 Å². The highest BCUT2D eigenvalue weighted by molar-refractivity contribution is 9.10. The Morgan fingerprint density at radius 2 is 1.86 bits per heavy atom. The molecule has 0 aliphatic heterocycles. The molecule has 0 saturated heterocycles. The first kappa shape index (κ1) is 19.6. The number of ether oxygens (including phenoxy) is 2. The molecule has 0 atom stereocenters. The summed E-state index contributed by atoms with van der Waals surface area (Å²) in [6.45, 7) is 3.04. The number of hydrogen-bond acceptors (Lipinski definition) is 4. The van der Waals surface area contributed by atoms with Crippen LogP contribution in [0.1, 0.15) is 51.0 Å². The minimum Gasteiger partial charge on any atom is -0.490 e. The lowest BCUT2D eigenvalue weighted by atomic mass is 9.49. The molecule has 0 spiro atoms. The summed E-state index contributed by atoms with van der Waals surface area (Å²) in [5.74, 6) is 3.47. The second kappa shape index (κ2) is 7.94. The van der Waals surface area contributed by atoms with Crippen LogP contribution in [0, 0.1) is 34.5 Å². The van der Waals surface area contributed by atoms with Crippen LogP contribution in [-0.4, -0.2) is 25.7 Å². The van der Waals surface area contributed by atoms with Gasteiger partial charge in [0, 0.05) is 12.6 Å². The number of halogens is 1. The molecule has 150 valence electrons. The van der Waals surface area contributed by atoms with E-state index in [4.69, 9.17) is 14.7 Å². The van der Waals surface area contributed by atoms with E-state index in [1.54, 1.807) is 12.1 Å². The molecule has 4 bridgehead atoms. The average Bonchev–Trinajstić information content (AvgIpc) is 2.64. The van der Waals surface area contributed by atoms with Gasteiger partial charge in [-0.2, -0.15) is 5.26 Å². The quantitative estimate of drug-likeness (QED) is 0.672. The molecule has 6 heteroatoms. The summed E-state index contributed by atoms with van der Waals surface area (Å²) < 4.78 is 12.0. The minimum absolute atomic E-state index is 0.0586. The van der Waals surface area contributed by atoms with Crippen molar-refractivity contribution >= 4 is 21.8 Å². The molecule has 1 N–H and O–H groups in total. The number of carbonyl (C=O) groups excluding carboxylic acids is 1. The number of carbonyl (C=O) groups is 1. The van der Waals surface area contributed by atoms with Crippen molar-refractivity contribution in [1.82, 2.24) is 5.32 Å². The summed E-state index contributed by atoms with van der Waals surface area (Å²) in [4.78, 5) is 12.5. The summed E-state index contributed by atoms with van der Waals surface area (Å²) in [6, 6.07) is 5.40. The predicted molar refractivity (Wildman–Crippen MR) is 109 cm³/mol. The van der Waals surface area contributed by atoms with E-state index < -0.39 is 0 Å². The van der Waals surface area contributed by atoms with Gasteiger partial charge in [0.2, 0.25) is 0 Å². The van der Waals surface area contributed by atoms with Gasteiger partial charge in [-0.3, -0.25) is 4.79 Å². The lowest BCUT2D eigenvalue weighted by molar-refractivity contribution is -0.125. The number of benzene rings is 1. The second-order valence-corrected chi connectivity index (χ2v) is 9.67. The Bertz CT molecular complexity index is 766. The van der Waals surface area contributed by atoms with E-state index in [0.29, 0.717) is 33.6 Å². The molecule has 1 aromatic rings. The standard InChI is InChI=1S/C22H27BrN2O3/c1-2-27-19-7-17(11-24)6-18(23)21(19)28-12-20(26)25-13-22-8-14-3-15(9-22)5-16(4-14)10-22/h6-7,14-16H,2-5,8-10,12-13H2,1H3,(H,25,26). The summed E-state index contributed by atoms with van der Waals surface area (Å²) >= 11 is 3.42. The molecule has 4 aliphatic carbocycles. The van der Waals surface area contributed by atoms with E-state index in [9.17, 15) is 4.79 Å². The Kier molecular flexibility index (Phi) is 5.55. The van der Waals surface area contributed by atoms with E-state index >= 15 is 0 Å². The highest BCUT2D eigenvalue weighted by Gasteiger charge is 2.50. The number of nitriles is 1. The van der Waals surface area contributed by atoms with Crippen molar-refractivity contribution in [2.75, 3.05) is 19.8 Å². The molecule has 4 aliphatic rings. The third kappa shape index (κ3) is 4.00. The Hall–Kier alpha value is -1.74. The van der Waals surface area contributed by atoms with Crippen molar-refractivity contribution < 1.29 is 14.3 Å². The topological polar surface area (TPSA) is 71.3 Å². The highest BCUT2D eigenvalue weighted by Crippen LogP contribution is 2.59. The predicted octanol–water partition coefficient (Wildman–Crippen LogP) is 4.43. The zero-order valence-electron chi connectivity index (χ0n) is 16.3. The van der Waals surface area contributed by atoms with Crippen LogP contribution in [0.3, 0.4) is 0 Å². The molecule has 0 heterocycles. The zero-order chi connectivity index (χ0) is 19.7. The fourth-order valence-corrected chi connectivity index (χ4v) is 6.57. The van der Waals surface area contributed by atoms with Gasteiger partial charge < -0.3 is 14.8 Å². The molecule has 1 aromatic carbocycles. The van der Waals surface area contributed by atoms with Crippen LogP contribution < -0.4 is 14.8 Å². The Balaban J connectivity index is 1.35. The van der Waals surface area contributed by atoms with Crippen molar-refractivity contribution in [3.8, 4) is 17.6 Å². The Morgan fingerprint density at radius 1 is 1.21 bits per heavy atom. The molecule has 28 heavy (non-hydrogen) atoms. The maximum atomic E-state index is 12.5. The fraction of sp³-hybridized carbons (Fsp3) is 0.636. The number of rotatable bonds is 7. The van der Waals surface area contributed by atoms with Gasteiger partial charge in [-0.05, 0) is 90.6 Å². The molecule has 4 saturated carbocycles. The van der Waals surface area contributed by atoms with Crippen molar-refractivity contribution in [1.29, 1.82) is 5.26 Å². The number of nitrogens with zero attached hydrogens (tertiary/aromatic N) is 1. The van der Waals surface area contributed by atoms with E-state index in [-0.39, 0.29) is 12.5 Å². The molecular weight excluding hydrogens is 420 g/mol. The van der Waals surface area contributed by atoms with Crippen molar-refractivity contribution in [3.63, 3.8) is 0 Å². The first-order valence-corrected chi connectivity index (χ1v) is 11.1. The van der Waals surface area contributed by atoms with Crippen LogP contribution in [0.25, 0.3) is 0 Å². The third-order valence-electron chi connectivity index (χ3n) is 6.61. The van der Waals surface area contributed by atoms with Gasteiger partial charge in [-0.15, -0.1) is 0 Å². The van der Waals surface area contributed by atoms with Crippen molar-refractivity contribution in [3.05, 3.63) is 22.2 Å². The van der Waals surface area contributed by atoms with Gasteiger partial charge in [0.15, 0.2) is 18.1 Å². The van der Waals surface area contributed by atoms with Crippen LogP contribution in [0.4, 0.5) is 0 Å². The molecule has 1 amide bonds. The smallest absolute Gasteiger partial charge is 0.257 e. The molecule has 0 unspecified atom stereocenters. The van der Waals surface area contributed by atoms with Crippen LogP contribution in [-0.2, 0) is 4.79 Å². The third-order valence-corrected chi connectivity index (χ3v) is 7.20. The SMILES string of the molecule is CCOc1cc(C#N)cc(Br)c1OCC(=O)NCC12CC3CC(CC(C3)C1)C2. The number of hydrogen-bond donors (Lipinski definition) is 1. The molecule has 5 nitrogen and oxygen atoms in total. The molecule has 4 fully saturated rings. The first-order valence-electron chi connectivity index (χ1n) is 10.3. The molecule has 0 radical (unpaired) electrons. The first-order chi connectivity index (χ1) is 13.5. The molecule has 0 aromatic heterocycles. The minimum atomic E-state index is -0.102. The lowest BCUT2D eigenvalue weighted by Gasteiger charge is -2.56. The highest BCUT2D eigenvalue weighted by atomic mass is 79.9. The van der Waals surface area contributed by atoms with Gasteiger partial charge in [0.1, 0.15) is 0 Å². The summed E-state index contributed by atoms with van der Waals surface area (Å²) in [5.41, 5.74) is 0.796. The van der Waals surface area contributed by atoms with Gasteiger partial charge in [0.25, 0.3) is 5.91 Å². The van der Waals surface area contributed by atoms with Crippen LogP contribution in [0.2, 0.25) is 0 Å². The fourth-order valence-electron chi connectivity index (χ4n) is 6.02. The van der Waals surface area contributed by atoms with Gasteiger partial charge in [-0.25, -0.2) is 0 Å². The van der Waals surface area contributed by atoms with Crippen LogP contribution in [0.5, 0.6) is 11.5 Å². The summed E-state index contributed by atoms with van der Waals surface area (Å²) in [6.07, 6.45) is 8.04.